The summed E-state index contributed by atoms with van der Waals surface area (Å²) in [6, 6.07) is 8.21. The van der Waals surface area contributed by atoms with Crippen molar-refractivity contribution < 1.29 is 19.1 Å². The van der Waals surface area contributed by atoms with E-state index in [1.54, 1.807) is 42.7 Å². The van der Waals surface area contributed by atoms with Gasteiger partial charge in [0, 0.05) is 18.5 Å². The van der Waals surface area contributed by atoms with E-state index in [1.165, 1.54) is 20.4 Å². The molecule has 1 heterocycles. The number of nitrogens with zero attached hydrogens (tertiary/aromatic N) is 2. The SMILES string of the molecule is COc1ccc(NC(=O)C(=O)N/N=C\c2ccncc2)c(OC)c1. The molecule has 0 aliphatic carbocycles. The Labute approximate surface area is 138 Å². The first-order valence-electron chi connectivity index (χ1n) is 6.90. The third-order valence-corrected chi connectivity index (χ3v) is 2.95. The molecule has 0 unspecified atom stereocenters. The van der Waals surface area contributed by atoms with E-state index in [-0.39, 0.29) is 0 Å². The van der Waals surface area contributed by atoms with Crippen LogP contribution in [0.15, 0.2) is 47.8 Å². The largest absolute Gasteiger partial charge is 0.497 e. The van der Waals surface area contributed by atoms with Gasteiger partial charge in [0.15, 0.2) is 0 Å². The summed E-state index contributed by atoms with van der Waals surface area (Å²) in [5, 5.41) is 6.16. The summed E-state index contributed by atoms with van der Waals surface area (Å²) in [6.07, 6.45) is 4.58. The Bertz CT molecular complexity index is 747. The van der Waals surface area contributed by atoms with Crippen LogP contribution in [0.5, 0.6) is 11.5 Å². The average molecular weight is 328 g/mol. The van der Waals surface area contributed by atoms with Crippen LogP contribution in [0, 0.1) is 0 Å². The lowest BCUT2D eigenvalue weighted by atomic mass is 10.2. The summed E-state index contributed by atoms with van der Waals surface area (Å²) in [5.74, 6) is -0.837. The van der Waals surface area contributed by atoms with Crippen LogP contribution in [0.4, 0.5) is 5.69 Å². The third kappa shape index (κ3) is 4.54. The first-order chi connectivity index (χ1) is 11.6. The molecule has 0 aliphatic heterocycles. The number of rotatable bonds is 5. The molecule has 0 aliphatic rings. The normalized spacial score (nSPS) is 10.2. The standard InChI is InChI=1S/C16H16N4O4/c1-23-12-3-4-13(14(9-12)24-2)19-15(21)16(22)20-18-10-11-5-7-17-8-6-11/h3-10H,1-2H3,(H,19,21)(H,20,22)/b18-10-. The summed E-state index contributed by atoms with van der Waals surface area (Å²) >= 11 is 0. The van der Waals surface area contributed by atoms with Crippen LogP contribution in [0.25, 0.3) is 0 Å². The summed E-state index contributed by atoms with van der Waals surface area (Å²) in [4.78, 5) is 27.5. The van der Waals surface area contributed by atoms with Gasteiger partial charge in [0.1, 0.15) is 11.5 Å². The topological polar surface area (TPSA) is 102 Å². The monoisotopic (exact) mass is 328 g/mol. The Morgan fingerprint density at radius 3 is 2.50 bits per heavy atom. The smallest absolute Gasteiger partial charge is 0.329 e. The molecule has 124 valence electrons. The van der Waals surface area contributed by atoms with E-state index < -0.39 is 11.8 Å². The Morgan fingerprint density at radius 2 is 1.83 bits per heavy atom. The maximum absolute atomic E-state index is 11.9. The minimum absolute atomic E-state index is 0.344. The molecule has 0 bridgehead atoms. The zero-order valence-corrected chi connectivity index (χ0v) is 13.1. The fraction of sp³-hybridized carbons (Fsp3) is 0.125. The first kappa shape index (κ1) is 16.9. The molecule has 2 aromatic rings. The van der Waals surface area contributed by atoms with Gasteiger partial charge in [-0.1, -0.05) is 0 Å². The number of amides is 2. The number of carbonyl (C=O) groups excluding carboxylic acids is 2. The van der Waals surface area contributed by atoms with E-state index in [9.17, 15) is 9.59 Å². The van der Waals surface area contributed by atoms with Crippen LogP contribution in [-0.2, 0) is 9.59 Å². The lowest BCUT2D eigenvalue weighted by molar-refractivity contribution is -0.136. The van der Waals surface area contributed by atoms with Gasteiger partial charge in [-0.2, -0.15) is 5.10 Å². The molecule has 2 rings (SSSR count). The summed E-state index contributed by atoms with van der Waals surface area (Å²) in [5.41, 5.74) is 3.23. The molecule has 8 heteroatoms. The quantitative estimate of drug-likeness (QED) is 0.488. The number of pyridine rings is 1. The number of benzene rings is 1. The predicted octanol–water partition coefficient (Wildman–Crippen LogP) is 1.19. The maximum atomic E-state index is 11.9. The van der Waals surface area contributed by atoms with Crippen molar-refractivity contribution >= 4 is 23.7 Å². The Hall–Kier alpha value is -3.42. The Morgan fingerprint density at radius 1 is 1.08 bits per heavy atom. The van der Waals surface area contributed by atoms with Crippen molar-refractivity contribution in [1.82, 2.24) is 10.4 Å². The van der Waals surface area contributed by atoms with Crippen molar-refractivity contribution in [2.75, 3.05) is 19.5 Å². The van der Waals surface area contributed by atoms with Crippen molar-refractivity contribution in [3.05, 3.63) is 48.3 Å². The second-order valence-electron chi connectivity index (χ2n) is 4.50. The van der Waals surface area contributed by atoms with E-state index in [1.807, 2.05) is 0 Å². The highest BCUT2D eigenvalue weighted by Gasteiger charge is 2.15. The minimum Gasteiger partial charge on any atom is -0.497 e. The van der Waals surface area contributed by atoms with Crippen molar-refractivity contribution in [3.63, 3.8) is 0 Å². The molecule has 0 fully saturated rings. The summed E-state index contributed by atoms with van der Waals surface area (Å²) < 4.78 is 10.2. The van der Waals surface area contributed by atoms with Gasteiger partial charge in [0.25, 0.3) is 0 Å². The Balaban J connectivity index is 1.96. The third-order valence-electron chi connectivity index (χ3n) is 2.95. The lowest BCUT2D eigenvalue weighted by Gasteiger charge is -2.10. The molecule has 1 aromatic carbocycles. The van der Waals surface area contributed by atoms with Gasteiger partial charge in [-0.25, -0.2) is 5.43 Å². The van der Waals surface area contributed by atoms with E-state index >= 15 is 0 Å². The molecule has 0 radical (unpaired) electrons. The number of hydrogen-bond donors (Lipinski definition) is 2. The maximum Gasteiger partial charge on any atom is 0.329 e. The highest BCUT2D eigenvalue weighted by atomic mass is 16.5. The predicted molar refractivity (Wildman–Crippen MR) is 88.1 cm³/mol. The number of aromatic nitrogens is 1. The van der Waals surface area contributed by atoms with Gasteiger partial charge in [-0.3, -0.25) is 14.6 Å². The molecule has 2 amide bonds. The molecule has 0 atom stereocenters. The summed E-state index contributed by atoms with van der Waals surface area (Å²) in [6.45, 7) is 0. The molecule has 2 N–H and O–H groups in total. The number of anilines is 1. The van der Waals surface area contributed by atoms with Crippen LogP contribution in [0.2, 0.25) is 0 Å². The second kappa shape index (κ2) is 8.28. The van der Waals surface area contributed by atoms with E-state index in [0.717, 1.165) is 5.56 Å². The molecule has 8 nitrogen and oxygen atoms in total. The number of ether oxygens (including phenoxy) is 2. The molecule has 24 heavy (non-hydrogen) atoms. The number of hydrazone groups is 1. The molecular formula is C16H16N4O4. The second-order valence-corrected chi connectivity index (χ2v) is 4.50. The van der Waals surface area contributed by atoms with Crippen molar-refractivity contribution in [2.24, 2.45) is 5.10 Å². The number of methoxy groups -OCH3 is 2. The first-order valence-corrected chi connectivity index (χ1v) is 6.90. The number of carbonyl (C=O) groups is 2. The van der Waals surface area contributed by atoms with Crippen LogP contribution in [0.1, 0.15) is 5.56 Å². The molecule has 0 saturated heterocycles. The fourth-order valence-electron chi connectivity index (χ4n) is 1.75. The van der Waals surface area contributed by atoms with Crippen LogP contribution < -0.4 is 20.2 Å². The lowest BCUT2D eigenvalue weighted by Crippen LogP contribution is -2.32. The molecule has 1 aromatic heterocycles. The average Bonchev–Trinajstić information content (AvgIpc) is 2.62. The van der Waals surface area contributed by atoms with Crippen molar-refractivity contribution in [3.8, 4) is 11.5 Å². The summed E-state index contributed by atoms with van der Waals surface area (Å²) in [7, 11) is 2.96. The fourth-order valence-corrected chi connectivity index (χ4v) is 1.75. The van der Waals surface area contributed by atoms with Gasteiger partial charge in [-0.15, -0.1) is 0 Å². The zero-order valence-electron chi connectivity index (χ0n) is 13.1. The van der Waals surface area contributed by atoms with Crippen molar-refractivity contribution in [1.29, 1.82) is 0 Å². The van der Waals surface area contributed by atoms with Crippen LogP contribution in [0.3, 0.4) is 0 Å². The molecular weight excluding hydrogens is 312 g/mol. The Kier molecular flexibility index (Phi) is 5.84. The van der Waals surface area contributed by atoms with E-state index in [0.29, 0.717) is 17.2 Å². The molecule has 0 saturated carbocycles. The van der Waals surface area contributed by atoms with Gasteiger partial charge in [0.2, 0.25) is 0 Å². The highest BCUT2D eigenvalue weighted by Crippen LogP contribution is 2.28. The number of hydrogen-bond acceptors (Lipinski definition) is 6. The number of nitrogens with one attached hydrogen (secondary N) is 2. The highest BCUT2D eigenvalue weighted by molar-refractivity contribution is 6.39. The van der Waals surface area contributed by atoms with Gasteiger partial charge in [0.05, 0.1) is 26.1 Å². The van der Waals surface area contributed by atoms with Crippen LogP contribution in [-0.4, -0.2) is 37.2 Å². The van der Waals surface area contributed by atoms with Gasteiger partial charge < -0.3 is 14.8 Å². The van der Waals surface area contributed by atoms with E-state index in [2.05, 4.69) is 20.8 Å². The van der Waals surface area contributed by atoms with Crippen LogP contribution >= 0.6 is 0 Å². The van der Waals surface area contributed by atoms with Gasteiger partial charge in [-0.05, 0) is 29.8 Å². The molecule has 0 spiro atoms. The van der Waals surface area contributed by atoms with E-state index in [4.69, 9.17) is 9.47 Å². The minimum atomic E-state index is -0.904. The zero-order chi connectivity index (χ0) is 17.4. The van der Waals surface area contributed by atoms with Crippen molar-refractivity contribution in [2.45, 2.75) is 0 Å². The van der Waals surface area contributed by atoms with Gasteiger partial charge >= 0.3 is 11.8 Å².